The van der Waals surface area contributed by atoms with Crippen LogP contribution in [0.1, 0.15) is 16.7 Å². The van der Waals surface area contributed by atoms with Gasteiger partial charge in [-0.05, 0) is 18.1 Å². The van der Waals surface area contributed by atoms with E-state index in [9.17, 15) is 5.11 Å². The van der Waals surface area contributed by atoms with Gasteiger partial charge in [-0.25, -0.2) is 0 Å². The molecule has 1 unspecified atom stereocenters. The molecule has 0 bridgehead atoms. The van der Waals surface area contributed by atoms with Crippen LogP contribution in [0, 0.1) is 6.92 Å². The number of hydrogen-bond acceptors (Lipinski definition) is 5. The number of rotatable bonds is 11. The van der Waals surface area contributed by atoms with Crippen molar-refractivity contribution in [1.82, 2.24) is 9.80 Å². The van der Waals surface area contributed by atoms with Crippen molar-refractivity contribution in [3.05, 3.63) is 71.3 Å². The Hall–Kier alpha value is -1.76. The largest absolute Gasteiger partial charge is 0.389 e. The third kappa shape index (κ3) is 8.25. The summed E-state index contributed by atoms with van der Waals surface area (Å²) in [7, 11) is 0. The highest BCUT2D eigenvalue weighted by Gasteiger charge is 2.16. The Morgan fingerprint density at radius 2 is 1.76 bits per heavy atom. The maximum Gasteiger partial charge on any atom is 0.0900 e. The summed E-state index contributed by atoms with van der Waals surface area (Å²) in [6.07, 6.45) is -0.506. The molecule has 0 spiro atoms. The molecule has 0 aliphatic carbocycles. The van der Waals surface area contributed by atoms with Crippen molar-refractivity contribution in [3.8, 4) is 0 Å². The number of nitrogens with zero attached hydrogens (tertiary/aromatic N) is 2. The first-order valence-electron chi connectivity index (χ1n) is 10.6. The van der Waals surface area contributed by atoms with Gasteiger partial charge in [0.25, 0.3) is 0 Å². The first-order valence-corrected chi connectivity index (χ1v) is 10.6. The minimum absolute atomic E-state index is 0.344. The third-order valence-electron chi connectivity index (χ3n) is 5.25. The van der Waals surface area contributed by atoms with Crippen LogP contribution < -0.4 is 0 Å². The summed E-state index contributed by atoms with van der Waals surface area (Å²) in [5.74, 6) is 0. The van der Waals surface area contributed by atoms with Gasteiger partial charge in [0, 0.05) is 39.3 Å². The molecule has 1 N–H and O–H groups in total. The predicted molar refractivity (Wildman–Crippen MR) is 116 cm³/mol. The Morgan fingerprint density at radius 3 is 2.48 bits per heavy atom. The van der Waals surface area contributed by atoms with Crippen molar-refractivity contribution in [2.75, 3.05) is 52.5 Å². The molecule has 3 rings (SSSR count). The molecule has 2 aromatic rings. The quantitative estimate of drug-likeness (QED) is 0.631. The zero-order chi connectivity index (χ0) is 20.3. The molecule has 0 saturated carbocycles. The monoisotopic (exact) mass is 398 g/mol. The fraction of sp³-hybridized carbons (Fsp3) is 0.500. The minimum Gasteiger partial charge on any atom is -0.389 e. The predicted octanol–water partition coefficient (Wildman–Crippen LogP) is 2.71. The first kappa shape index (κ1) is 21.9. The van der Waals surface area contributed by atoms with E-state index in [1.807, 2.05) is 30.3 Å². The maximum absolute atomic E-state index is 10.6. The van der Waals surface area contributed by atoms with Crippen molar-refractivity contribution in [2.45, 2.75) is 26.2 Å². The standard InChI is InChI=1S/C24H34N2O3/c1-21-7-9-22(10-8-21)17-26(12-11-25-13-15-28-16-14-25)18-24(27)20-29-19-23-5-3-2-4-6-23/h2-10,24,27H,11-20H2,1H3. The summed E-state index contributed by atoms with van der Waals surface area (Å²) in [5, 5.41) is 10.6. The van der Waals surface area contributed by atoms with Gasteiger partial charge < -0.3 is 14.6 Å². The number of aryl methyl sites for hydroxylation is 1. The van der Waals surface area contributed by atoms with Gasteiger partial charge in [0.2, 0.25) is 0 Å². The lowest BCUT2D eigenvalue weighted by atomic mass is 10.1. The Bertz CT molecular complexity index is 687. The Balaban J connectivity index is 1.49. The number of aliphatic hydroxyl groups excluding tert-OH is 1. The lowest BCUT2D eigenvalue weighted by Crippen LogP contribution is -2.43. The van der Waals surface area contributed by atoms with Gasteiger partial charge in [0.15, 0.2) is 0 Å². The highest BCUT2D eigenvalue weighted by Crippen LogP contribution is 2.09. The van der Waals surface area contributed by atoms with Crippen molar-refractivity contribution in [2.24, 2.45) is 0 Å². The van der Waals surface area contributed by atoms with Crippen LogP contribution in [0.4, 0.5) is 0 Å². The number of morpholine rings is 1. The molecular weight excluding hydrogens is 364 g/mol. The molecule has 158 valence electrons. The summed E-state index contributed by atoms with van der Waals surface area (Å²) in [6.45, 7) is 9.93. The van der Waals surface area contributed by atoms with Crippen molar-refractivity contribution in [3.63, 3.8) is 0 Å². The molecule has 0 amide bonds. The Kier molecular flexibility index (Phi) is 9.12. The molecule has 1 saturated heterocycles. The molecule has 5 heteroatoms. The number of hydrogen-bond donors (Lipinski definition) is 1. The number of ether oxygens (including phenoxy) is 2. The van der Waals surface area contributed by atoms with E-state index in [-0.39, 0.29) is 0 Å². The van der Waals surface area contributed by atoms with Gasteiger partial charge in [-0.15, -0.1) is 0 Å². The summed E-state index contributed by atoms with van der Waals surface area (Å²) < 4.78 is 11.2. The van der Waals surface area contributed by atoms with Crippen LogP contribution in [0.15, 0.2) is 54.6 Å². The zero-order valence-electron chi connectivity index (χ0n) is 17.5. The second-order valence-electron chi connectivity index (χ2n) is 7.83. The molecule has 0 radical (unpaired) electrons. The summed E-state index contributed by atoms with van der Waals surface area (Å²) >= 11 is 0. The average Bonchev–Trinajstić information content (AvgIpc) is 2.75. The number of aliphatic hydroxyl groups is 1. The van der Waals surface area contributed by atoms with Crippen LogP contribution in [-0.2, 0) is 22.6 Å². The van der Waals surface area contributed by atoms with E-state index in [4.69, 9.17) is 9.47 Å². The first-order chi connectivity index (χ1) is 14.2. The van der Waals surface area contributed by atoms with Gasteiger partial charge in [-0.2, -0.15) is 0 Å². The molecule has 5 nitrogen and oxygen atoms in total. The van der Waals surface area contributed by atoms with Gasteiger partial charge in [0.1, 0.15) is 0 Å². The molecule has 0 aromatic heterocycles. The Labute approximate surface area is 174 Å². The summed E-state index contributed by atoms with van der Waals surface area (Å²) in [4.78, 5) is 4.76. The highest BCUT2D eigenvalue weighted by atomic mass is 16.5. The van der Waals surface area contributed by atoms with E-state index in [0.29, 0.717) is 19.8 Å². The fourth-order valence-electron chi connectivity index (χ4n) is 3.53. The minimum atomic E-state index is -0.506. The van der Waals surface area contributed by atoms with Gasteiger partial charge in [-0.1, -0.05) is 60.2 Å². The second-order valence-corrected chi connectivity index (χ2v) is 7.83. The highest BCUT2D eigenvalue weighted by molar-refractivity contribution is 5.21. The molecule has 1 aliphatic rings. The van der Waals surface area contributed by atoms with Crippen LogP contribution in [0.5, 0.6) is 0 Å². The zero-order valence-corrected chi connectivity index (χ0v) is 17.5. The summed E-state index contributed by atoms with van der Waals surface area (Å²) in [6, 6.07) is 18.7. The van der Waals surface area contributed by atoms with Crippen LogP contribution in [0.2, 0.25) is 0 Å². The smallest absolute Gasteiger partial charge is 0.0900 e. The SMILES string of the molecule is Cc1ccc(CN(CCN2CCOCC2)CC(O)COCc2ccccc2)cc1. The molecule has 1 fully saturated rings. The lowest BCUT2D eigenvalue weighted by Gasteiger charge is -2.31. The molecule has 1 atom stereocenters. The maximum atomic E-state index is 10.6. The van der Waals surface area contributed by atoms with E-state index in [1.54, 1.807) is 0 Å². The van der Waals surface area contributed by atoms with E-state index in [2.05, 4.69) is 41.0 Å². The van der Waals surface area contributed by atoms with Crippen LogP contribution in [0.3, 0.4) is 0 Å². The molecular formula is C24H34N2O3. The molecule has 1 aliphatic heterocycles. The van der Waals surface area contributed by atoms with Gasteiger partial charge >= 0.3 is 0 Å². The van der Waals surface area contributed by atoms with E-state index >= 15 is 0 Å². The Morgan fingerprint density at radius 1 is 1.03 bits per heavy atom. The van der Waals surface area contributed by atoms with Crippen LogP contribution in [0.25, 0.3) is 0 Å². The van der Waals surface area contributed by atoms with Crippen LogP contribution >= 0.6 is 0 Å². The molecule has 29 heavy (non-hydrogen) atoms. The van der Waals surface area contributed by atoms with E-state index in [0.717, 1.165) is 51.5 Å². The van der Waals surface area contributed by atoms with Crippen molar-refractivity contribution >= 4 is 0 Å². The summed E-state index contributed by atoms with van der Waals surface area (Å²) in [5.41, 5.74) is 3.67. The third-order valence-corrected chi connectivity index (χ3v) is 5.25. The normalized spacial score (nSPS) is 16.2. The van der Waals surface area contributed by atoms with Gasteiger partial charge in [0.05, 0.1) is 32.5 Å². The van der Waals surface area contributed by atoms with Crippen LogP contribution in [-0.4, -0.2) is 73.6 Å². The molecule has 1 heterocycles. The van der Waals surface area contributed by atoms with Gasteiger partial charge in [-0.3, -0.25) is 9.80 Å². The topological polar surface area (TPSA) is 45.2 Å². The van der Waals surface area contributed by atoms with Crippen molar-refractivity contribution < 1.29 is 14.6 Å². The second kappa shape index (κ2) is 12.1. The van der Waals surface area contributed by atoms with E-state index < -0.39 is 6.10 Å². The lowest BCUT2D eigenvalue weighted by molar-refractivity contribution is 0.00211. The fourth-order valence-corrected chi connectivity index (χ4v) is 3.53. The van der Waals surface area contributed by atoms with E-state index in [1.165, 1.54) is 11.1 Å². The van der Waals surface area contributed by atoms with Crippen molar-refractivity contribution in [1.29, 1.82) is 0 Å². The molecule has 2 aromatic carbocycles. The average molecular weight is 399 g/mol. The number of benzene rings is 2.